The molecular weight excluding hydrogens is 120 g/mol. The summed E-state index contributed by atoms with van der Waals surface area (Å²) in [4.78, 5) is 0. The summed E-state index contributed by atoms with van der Waals surface area (Å²) in [6.07, 6.45) is 7.95. The first-order valence-electron chi connectivity index (χ1n) is 4.11. The summed E-state index contributed by atoms with van der Waals surface area (Å²) in [5, 5.41) is 0. The van der Waals surface area contributed by atoms with Crippen molar-refractivity contribution in [2.45, 2.75) is 39.0 Å². The van der Waals surface area contributed by atoms with Crippen LogP contribution < -0.4 is 0 Å². The third-order valence-corrected chi connectivity index (χ3v) is 1.74. The Bertz CT molecular complexity index is 74.1. The van der Waals surface area contributed by atoms with Gasteiger partial charge in [0, 0.05) is 0 Å². The molecule has 0 heteroatoms. The van der Waals surface area contributed by atoms with Crippen molar-refractivity contribution < 1.29 is 0 Å². The van der Waals surface area contributed by atoms with Crippen molar-refractivity contribution in [2.24, 2.45) is 0 Å². The molecule has 0 aliphatic rings. The molecule has 0 nitrogen and oxygen atoms in total. The molecule has 2 radical (unpaired) electrons. The van der Waals surface area contributed by atoms with Gasteiger partial charge in [0.15, 0.2) is 0 Å². The number of hydrogen-bond donors (Lipinski definition) is 0. The van der Waals surface area contributed by atoms with Crippen molar-refractivity contribution in [3.05, 3.63) is 25.5 Å². The lowest BCUT2D eigenvalue weighted by molar-refractivity contribution is 0.689. The Kier molecular flexibility index (Phi) is 6.68. The highest BCUT2D eigenvalue weighted by Gasteiger charge is 1.99. The minimum absolute atomic E-state index is 1.06. The van der Waals surface area contributed by atoms with Crippen LogP contribution in [0.25, 0.3) is 0 Å². The highest BCUT2D eigenvalue weighted by Crippen LogP contribution is 2.15. The fraction of sp³-hybridized carbons (Fsp3) is 0.600. The molecule has 0 atom stereocenters. The van der Waals surface area contributed by atoms with E-state index in [1.165, 1.54) is 25.2 Å². The Morgan fingerprint density at radius 3 is 2.50 bits per heavy atom. The average molecular weight is 138 g/mol. The minimum atomic E-state index is 1.06. The molecule has 10 heavy (non-hydrogen) atoms. The molecule has 0 unspecified atom stereocenters. The number of hydrogen-bond acceptors (Lipinski definition) is 0. The van der Waals surface area contributed by atoms with E-state index in [1.54, 1.807) is 0 Å². The van der Waals surface area contributed by atoms with Gasteiger partial charge in [0.25, 0.3) is 0 Å². The van der Waals surface area contributed by atoms with Gasteiger partial charge in [-0.3, -0.25) is 0 Å². The van der Waals surface area contributed by atoms with E-state index in [2.05, 4.69) is 20.4 Å². The molecule has 58 valence electrons. The van der Waals surface area contributed by atoms with E-state index in [4.69, 9.17) is 0 Å². The SMILES string of the molecule is [CH2]CCCC[C](C=C)CC. The van der Waals surface area contributed by atoms with Gasteiger partial charge in [-0.05, 0) is 18.8 Å². The Labute approximate surface area is 65.3 Å². The molecule has 0 spiro atoms. The smallest absolute Gasteiger partial charge is 0.00328 e. The van der Waals surface area contributed by atoms with Crippen LogP contribution in [0.2, 0.25) is 0 Å². The van der Waals surface area contributed by atoms with Gasteiger partial charge in [0.1, 0.15) is 0 Å². The number of rotatable bonds is 6. The first-order valence-corrected chi connectivity index (χ1v) is 4.11. The van der Waals surface area contributed by atoms with Gasteiger partial charge < -0.3 is 0 Å². The maximum absolute atomic E-state index is 3.80. The number of unbranched alkanes of at least 4 members (excludes halogenated alkanes) is 2. The first-order chi connectivity index (χ1) is 4.85. The second kappa shape index (κ2) is 6.85. The van der Waals surface area contributed by atoms with Crippen LogP contribution in [0.5, 0.6) is 0 Å². The molecule has 0 saturated heterocycles. The van der Waals surface area contributed by atoms with E-state index in [-0.39, 0.29) is 0 Å². The van der Waals surface area contributed by atoms with Crippen LogP contribution in [0, 0.1) is 12.8 Å². The molecule has 0 amide bonds. The summed E-state index contributed by atoms with van der Waals surface area (Å²) in [7, 11) is 0. The van der Waals surface area contributed by atoms with Crippen LogP contribution in [-0.2, 0) is 0 Å². The lowest BCUT2D eigenvalue weighted by Crippen LogP contribution is -1.90. The maximum atomic E-state index is 3.80. The zero-order valence-corrected chi connectivity index (χ0v) is 7.03. The van der Waals surface area contributed by atoms with E-state index in [0.29, 0.717) is 0 Å². The predicted octanol–water partition coefficient (Wildman–Crippen LogP) is 3.55. The fourth-order valence-corrected chi connectivity index (χ4v) is 0.952. The van der Waals surface area contributed by atoms with Crippen molar-refractivity contribution in [1.29, 1.82) is 0 Å². The highest BCUT2D eigenvalue weighted by atomic mass is 14.0. The third kappa shape index (κ3) is 4.60. The Morgan fingerprint density at radius 2 is 2.10 bits per heavy atom. The second-order valence-electron chi connectivity index (χ2n) is 2.53. The van der Waals surface area contributed by atoms with E-state index in [0.717, 1.165) is 12.8 Å². The molecule has 0 fully saturated rings. The summed E-state index contributed by atoms with van der Waals surface area (Å²) in [5.74, 6) is 1.48. The Morgan fingerprint density at radius 1 is 1.40 bits per heavy atom. The monoisotopic (exact) mass is 138 g/mol. The summed E-state index contributed by atoms with van der Waals surface area (Å²) >= 11 is 0. The van der Waals surface area contributed by atoms with E-state index in [1.807, 2.05) is 6.08 Å². The van der Waals surface area contributed by atoms with Gasteiger partial charge in [-0.25, -0.2) is 0 Å². The maximum Gasteiger partial charge on any atom is -0.00328 e. The molecule has 0 heterocycles. The molecule has 0 aromatic rings. The molecule has 0 bridgehead atoms. The van der Waals surface area contributed by atoms with Crippen molar-refractivity contribution in [3.8, 4) is 0 Å². The molecular formula is C10H18. The topological polar surface area (TPSA) is 0 Å². The largest absolute Gasteiger partial charge is 0.102 e. The first kappa shape index (κ1) is 9.74. The van der Waals surface area contributed by atoms with Crippen LogP contribution in [-0.4, -0.2) is 0 Å². The van der Waals surface area contributed by atoms with Crippen LogP contribution in [0.1, 0.15) is 39.0 Å². The van der Waals surface area contributed by atoms with Crippen molar-refractivity contribution in [2.75, 3.05) is 0 Å². The minimum Gasteiger partial charge on any atom is -0.102 e. The van der Waals surface area contributed by atoms with Crippen LogP contribution >= 0.6 is 0 Å². The number of allylic oxidation sites excluding steroid dienone is 1. The van der Waals surface area contributed by atoms with Gasteiger partial charge in [0.2, 0.25) is 0 Å². The molecule has 0 aliphatic heterocycles. The summed E-state index contributed by atoms with van der Waals surface area (Å²) in [6.45, 7) is 9.74. The molecule has 0 aromatic heterocycles. The van der Waals surface area contributed by atoms with E-state index < -0.39 is 0 Å². The molecule has 0 aromatic carbocycles. The lowest BCUT2D eigenvalue weighted by atomic mass is 9.99. The van der Waals surface area contributed by atoms with E-state index >= 15 is 0 Å². The quantitative estimate of drug-likeness (QED) is 0.492. The van der Waals surface area contributed by atoms with Gasteiger partial charge in [-0.2, -0.15) is 0 Å². The standard InChI is InChI=1S/C10H18/c1-4-7-8-9-10(5-2)6-3/h5H,1-2,4,6-9H2,3H3. The Hall–Kier alpha value is -0.260. The summed E-state index contributed by atoms with van der Waals surface area (Å²) in [5.41, 5.74) is 0. The third-order valence-electron chi connectivity index (χ3n) is 1.74. The van der Waals surface area contributed by atoms with E-state index in [9.17, 15) is 0 Å². The molecule has 0 rings (SSSR count). The zero-order valence-electron chi connectivity index (χ0n) is 7.03. The van der Waals surface area contributed by atoms with Gasteiger partial charge in [0.05, 0.1) is 0 Å². The second-order valence-corrected chi connectivity index (χ2v) is 2.53. The van der Waals surface area contributed by atoms with Crippen molar-refractivity contribution >= 4 is 0 Å². The van der Waals surface area contributed by atoms with Crippen molar-refractivity contribution in [3.63, 3.8) is 0 Å². The summed E-state index contributed by atoms with van der Waals surface area (Å²) in [6, 6.07) is 0. The fourth-order valence-electron chi connectivity index (χ4n) is 0.952. The Balaban J connectivity index is 3.17. The van der Waals surface area contributed by atoms with Gasteiger partial charge in [-0.15, -0.1) is 6.58 Å². The predicted molar refractivity (Wildman–Crippen MR) is 47.6 cm³/mol. The normalized spacial score (nSPS) is 10.3. The van der Waals surface area contributed by atoms with Gasteiger partial charge >= 0.3 is 0 Å². The lowest BCUT2D eigenvalue weighted by Gasteiger charge is -2.06. The summed E-state index contributed by atoms with van der Waals surface area (Å²) < 4.78 is 0. The molecule has 0 N–H and O–H groups in total. The van der Waals surface area contributed by atoms with Crippen LogP contribution in [0.4, 0.5) is 0 Å². The van der Waals surface area contributed by atoms with Crippen LogP contribution in [0.3, 0.4) is 0 Å². The average Bonchev–Trinajstić information content (AvgIpc) is 1.99. The molecule has 0 aliphatic carbocycles. The highest BCUT2D eigenvalue weighted by molar-refractivity contribution is 5.04. The van der Waals surface area contributed by atoms with Crippen molar-refractivity contribution in [1.82, 2.24) is 0 Å². The molecule has 0 saturated carbocycles. The van der Waals surface area contributed by atoms with Crippen LogP contribution in [0.15, 0.2) is 12.7 Å². The van der Waals surface area contributed by atoms with Gasteiger partial charge in [-0.1, -0.05) is 39.2 Å². The zero-order chi connectivity index (χ0) is 7.82.